The number of nitro benzene ring substituents is 1. The molecule has 0 aliphatic carbocycles. The second kappa shape index (κ2) is 4.58. The van der Waals surface area contributed by atoms with Crippen LogP contribution in [0.5, 0.6) is 5.75 Å². The van der Waals surface area contributed by atoms with Crippen LogP contribution in [-0.2, 0) is 0 Å². The molecule has 17 heavy (non-hydrogen) atoms. The molecule has 2 rings (SSSR count). The minimum atomic E-state index is -0.437. The minimum absolute atomic E-state index is 0.00335. The summed E-state index contributed by atoms with van der Waals surface area (Å²) in [5.74, 6) is 0.298. The number of hydrogen-bond acceptors (Lipinski definition) is 5. The number of anilines is 1. The normalized spacial score (nSPS) is 15.2. The van der Waals surface area contributed by atoms with E-state index in [0.29, 0.717) is 11.8 Å². The molecule has 1 aliphatic heterocycles. The Balaban J connectivity index is 2.27. The summed E-state index contributed by atoms with van der Waals surface area (Å²) in [5, 5.41) is 14.0. The fourth-order valence-corrected chi connectivity index (χ4v) is 1.79. The zero-order valence-corrected chi connectivity index (χ0v) is 9.84. The third kappa shape index (κ3) is 2.16. The van der Waals surface area contributed by atoms with Gasteiger partial charge in [0.15, 0.2) is 5.75 Å². The number of likely N-dealkylation sites (N-methyl/N-ethyl adjacent to an activating group) is 1. The van der Waals surface area contributed by atoms with Crippen LogP contribution in [0.1, 0.15) is 0 Å². The van der Waals surface area contributed by atoms with Gasteiger partial charge in [-0.05, 0) is 6.07 Å². The largest absolute Gasteiger partial charge is 0.490 e. The molecule has 6 heteroatoms. The van der Waals surface area contributed by atoms with Crippen molar-refractivity contribution in [1.82, 2.24) is 5.32 Å². The Morgan fingerprint density at radius 1 is 1.53 bits per heavy atom. The third-order valence-corrected chi connectivity index (χ3v) is 3.07. The maximum atomic E-state index is 10.8. The van der Waals surface area contributed by atoms with Crippen molar-refractivity contribution in [3.63, 3.8) is 0 Å². The molecule has 92 valence electrons. The molecule has 1 saturated heterocycles. The molecule has 1 fully saturated rings. The van der Waals surface area contributed by atoms with Crippen LogP contribution in [0.4, 0.5) is 11.4 Å². The minimum Gasteiger partial charge on any atom is -0.490 e. The lowest BCUT2D eigenvalue weighted by Gasteiger charge is -2.37. The predicted octanol–water partition coefficient (Wildman–Crippen LogP) is 1.01. The molecular formula is C11H15N3O3. The maximum Gasteiger partial charge on any atom is 0.311 e. The van der Waals surface area contributed by atoms with Crippen LogP contribution in [0.2, 0.25) is 0 Å². The van der Waals surface area contributed by atoms with E-state index in [-0.39, 0.29) is 5.69 Å². The van der Waals surface area contributed by atoms with Gasteiger partial charge in [0.1, 0.15) is 0 Å². The molecule has 1 aliphatic rings. The second-order valence-electron chi connectivity index (χ2n) is 4.04. The fraction of sp³-hybridized carbons (Fsp3) is 0.455. The van der Waals surface area contributed by atoms with Gasteiger partial charge in [0, 0.05) is 38.0 Å². The Hall–Kier alpha value is -1.82. The monoisotopic (exact) mass is 237 g/mol. The summed E-state index contributed by atoms with van der Waals surface area (Å²) in [4.78, 5) is 12.4. The van der Waals surface area contributed by atoms with Crippen LogP contribution in [0, 0.1) is 10.1 Å². The first-order valence-corrected chi connectivity index (χ1v) is 5.39. The molecule has 0 unspecified atom stereocenters. The third-order valence-electron chi connectivity index (χ3n) is 3.07. The number of nitrogens with one attached hydrogen (secondary N) is 1. The summed E-state index contributed by atoms with van der Waals surface area (Å²) in [6.45, 7) is 1.88. The topological polar surface area (TPSA) is 67.6 Å². The van der Waals surface area contributed by atoms with Crippen LogP contribution < -0.4 is 15.0 Å². The lowest BCUT2D eigenvalue weighted by atomic mass is 10.1. The zero-order chi connectivity index (χ0) is 12.4. The molecule has 1 aromatic carbocycles. The molecule has 6 nitrogen and oxygen atoms in total. The first kappa shape index (κ1) is 11.7. The zero-order valence-electron chi connectivity index (χ0n) is 9.84. The number of ether oxygens (including phenoxy) is 1. The number of nitro groups is 1. The highest BCUT2D eigenvalue weighted by atomic mass is 16.6. The van der Waals surface area contributed by atoms with Crippen molar-refractivity contribution < 1.29 is 9.66 Å². The Kier molecular flexibility index (Phi) is 3.14. The highest BCUT2D eigenvalue weighted by molar-refractivity contribution is 5.59. The van der Waals surface area contributed by atoms with Gasteiger partial charge in [0.05, 0.1) is 18.1 Å². The number of rotatable bonds is 4. The van der Waals surface area contributed by atoms with Crippen LogP contribution >= 0.6 is 0 Å². The molecule has 0 amide bonds. The maximum absolute atomic E-state index is 10.8. The van der Waals surface area contributed by atoms with E-state index in [4.69, 9.17) is 4.74 Å². The van der Waals surface area contributed by atoms with E-state index in [1.54, 1.807) is 12.1 Å². The van der Waals surface area contributed by atoms with E-state index >= 15 is 0 Å². The number of benzene rings is 1. The predicted molar refractivity (Wildman–Crippen MR) is 64.7 cm³/mol. The van der Waals surface area contributed by atoms with E-state index in [1.165, 1.54) is 13.2 Å². The van der Waals surface area contributed by atoms with Crippen molar-refractivity contribution in [2.24, 2.45) is 0 Å². The molecule has 0 atom stereocenters. The molecule has 1 heterocycles. The Labute approximate surface area is 99.3 Å². The highest BCUT2D eigenvalue weighted by Crippen LogP contribution is 2.31. The summed E-state index contributed by atoms with van der Waals surface area (Å²) < 4.78 is 5.04. The summed E-state index contributed by atoms with van der Waals surface area (Å²) >= 11 is 0. The van der Waals surface area contributed by atoms with Crippen molar-refractivity contribution in [3.8, 4) is 5.75 Å². The lowest BCUT2D eigenvalue weighted by molar-refractivity contribution is -0.385. The van der Waals surface area contributed by atoms with E-state index in [9.17, 15) is 10.1 Å². The Morgan fingerprint density at radius 2 is 2.24 bits per heavy atom. The molecular weight excluding hydrogens is 222 g/mol. The van der Waals surface area contributed by atoms with Gasteiger partial charge in [0.25, 0.3) is 0 Å². The van der Waals surface area contributed by atoms with Gasteiger partial charge in [-0.2, -0.15) is 0 Å². The highest BCUT2D eigenvalue weighted by Gasteiger charge is 2.23. The Morgan fingerprint density at radius 3 is 2.71 bits per heavy atom. The van der Waals surface area contributed by atoms with Gasteiger partial charge < -0.3 is 15.0 Å². The Bertz CT molecular complexity index is 432. The smallest absolute Gasteiger partial charge is 0.311 e. The molecule has 0 saturated carbocycles. The van der Waals surface area contributed by atoms with Gasteiger partial charge in [-0.3, -0.25) is 10.1 Å². The van der Waals surface area contributed by atoms with E-state index in [1.807, 2.05) is 7.05 Å². The van der Waals surface area contributed by atoms with E-state index in [2.05, 4.69) is 10.2 Å². The first-order chi connectivity index (χ1) is 8.13. The summed E-state index contributed by atoms with van der Waals surface area (Å²) in [5.41, 5.74) is 0.926. The molecule has 0 radical (unpaired) electrons. The first-order valence-electron chi connectivity index (χ1n) is 5.39. The van der Waals surface area contributed by atoms with Gasteiger partial charge >= 0.3 is 5.69 Å². The number of hydrogen-bond donors (Lipinski definition) is 1. The number of methoxy groups -OCH3 is 1. The summed E-state index contributed by atoms with van der Waals surface area (Å²) in [6, 6.07) is 5.38. The number of nitrogens with zero attached hydrogens (tertiary/aromatic N) is 2. The van der Waals surface area contributed by atoms with Crippen molar-refractivity contribution in [2.45, 2.75) is 6.04 Å². The van der Waals surface area contributed by atoms with Crippen molar-refractivity contribution in [3.05, 3.63) is 28.3 Å². The second-order valence-corrected chi connectivity index (χ2v) is 4.04. The molecule has 1 aromatic rings. The SMILES string of the molecule is COc1cc(N(C)C2CNC2)ccc1[N+](=O)[O-]. The molecule has 0 spiro atoms. The van der Waals surface area contributed by atoms with Gasteiger partial charge in [0.2, 0.25) is 0 Å². The molecule has 0 aromatic heterocycles. The summed E-state index contributed by atoms with van der Waals surface area (Å²) in [6.07, 6.45) is 0. The average molecular weight is 237 g/mol. The summed E-state index contributed by atoms with van der Waals surface area (Å²) in [7, 11) is 3.42. The van der Waals surface area contributed by atoms with Crippen LogP contribution in [0.3, 0.4) is 0 Å². The van der Waals surface area contributed by atoms with Gasteiger partial charge in [-0.25, -0.2) is 0 Å². The van der Waals surface area contributed by atoms with Crippen LogP contribution in [0.25, 0.3) is 0 Å². The van der Waals surface area contributed by atoms with Gasteiger partial charge in [-0.15, -0.1) is 0 Å². The average Bonchev–Trinajstić information content (AvgIpc) is 2.25. The van der Waals surface area contributed by atoms with Crippen molar-refractivity contribution >= 4 is 11.4 Å². The van der Waals surface area contributed by atoms with Crippen molar-refractivity contribution in [2.75, 3.05) is 32.1 Å². The van der Waals surface area contributed by atoms with E-state index in [0.717, 1.165) is 18.8 Å². The lowest BCUT2D eigenvalue weighted by Crippen LogP contribution is -2.56. The van der Waals surface area contributed by atoms with Crippen LogP contribution in [-0.4, -0.2) is 38.2 Å². The van der Waals surface area contributed by atoms with Crippen LogP contribution in [0.15, 0.2) is 18.2 Å². The quantitative estimate of drug-likeness (QED) is 0.625. The fourth-order valence-electron chi connectivity index (χ4n) is 1.79. The van der Waals surface area contributed by atoms with Crippen molar-refractivity contribution in [1.29, 1.82) is 0 Å². The molecule has 1 N–H and O–H groups in total. The standard InChI is InChI=1S/C11H15N3O3/c1-13(9-6-12-7-9)8-3-4-10(14(15)16)11(5-8)17-2/h3-5,9,12H,6-7H2,1-2H3. The van der Waals surface area contributed by atoms with Gasteiger partial charge in [-0.1, -0.05) is 0 Å². The molecule has 0 bridgehead atoms. The van der Waals surface area contributed by atoms with E-state index < -0.39 is 4.92 Å².